The molecule has 0 aromatic heterocycles. The number of alkyl halides is 7. The van der Waals surface area contributed by atoms with Crippen molar-refractivity contribution in [3.8, 4) is 0 Å². The highest BCUT2D eigenvalue weighted by Crippen LogP contribution is 2.58. The van der Waals surface area contributed by atoms with Crippen molar-refractivity contribution in [3.63, 3.8) is 0 Å². The van der Waals surface area contributed by atoms with Crippen LogP contribution in [0.25, 0.3) is 0 Å². The van der Waals surface area contributed by atoms with Gasteiger partial charge in [-0.25, -0.2) is 4.39 Å². The third-order valence-corrected chi connectivity index (χ3v) is 3.05. The summed E-state index contributed by atoms with van der Waals surface area (Å²) in [5.41, 5.74) is -5.31. The van der Waals surface area contributed by atoms with E-state index in [1.165, 1.54) is 0 Å². The van der Waals surface area contributed by atoms with Crippen molar-refractivity contribution in [2.45, 2.75) is 25.4 Å². The summed E-state index contributed by atoms with van der Waals surface area (Å²) in [4.78, 5) is 10.3. The van der Waals surface area contributed by atoms with E-state index >= 15 is 0 Å². The van der Waals surface area contributed by atoms with E-state index in [9.17, 15) is 35.5 Å². The van der Waals surface area contributed by atoms with Gasteiger partial charge < -0.3 is 0 Å². The topological polar surface area (TPSA) is 17.1 Å². The maximum atomic E-state index is 13.9. The fourth-order valence-corrected chi connectivity index (χ4v) is 1.52. The van der Waals surface area contributed by atoms with Crippen molar-refractivity contribution >= 4 is 6.29 Å². The number of rotatable bonds is 3. The molecule has 0 heterocycles. The highest BCUT2D eigenvalue weighted by atomic mass is 19.4. The number of hydrogen-bond donors (Lipinski definition) is 0. The molecule has 8 heteroatoms. The summed E-state index contributed by atoms with van der Waals surface area (Å²) in [6, 6.07) is 3.35. The average Bonchev–Trinajstić information content (AvgIpc) is 2.34. The Morgan fingerprint density at radius 3 is 1.65 bits per heavy atom. The second kappa shape index (κ2) is 5.06. The molecule has 0 fully saturated rings. The molecular weight excluding hydrogens is 293 g/mol. The molecule has 0 saturated heterocycles. The first-order valence-electron chi connectivity index (χ1n) is 5.28. The summed E-state index contributed by atoms with van der Waals surface area (Å²) in [5.74, 6) is 0. The standard InChI is InChI=1S/C12H9F7O/c1-10(11(14,15)16,12(17,18)19)9(13)8-4-2-7(6-20)3-5-8/h2-6,9H,1H3. The minimum atomic E-state index is -5.81. The highest BCUT2D eigenvalue weighted by Gasteiger charge is 2.72. The van der Waals surface area contributed by atoms with Gasteiger partial charge in [0.25, 0.3) is 0 Å². The van der Waals surface area contributed by atoms with Crippen LogP contribution in [-0.2, 0) is 0 Å². The van der Waals surface area contributed by atoms with Gasteiger partial charge in [0.15, 0.2) is 5.41 Å². The van der Waals surface area contributed by atoms with Gasteiger partial charge in [-0.05, 0) is 12.5 Å². The van der Waals surface area contributed by atoms with Crippen LogP contribution < -0.4 is 0 Å². The summed E-state index contributed by atoms with van der Waals surface area (Å²) in [6.07, 6.45) is -14.6. The molecule has 1 rings (SSSR count). The minimum absolute atomic E-state index is 0.0154. The van der Waals surface area contributed by atoms with E-state index in [0.29, 0.717) is 6.29 Å². The summed E-state index contributed by atoms with van der Waals surface area (Å²) >= 11 is 0. The smallest absolute Gasteiger partial charge is 0.298 e. The van der Waals surface area contributed by atoms with Gasteiger partial charge in [0, 0.05) is 5.56 Å². The zero-order valence-electron chi connectivity index (χ0n) is 10.0. The molecule has 1 aromatic rings. The van der Waals surface area contributed by atoms with Gasteiger partial charge in [0.2, 0.25) is 0 Å². The lowest BCUT2D eigenvalue weighted by molar-refractivity contribution is -0.353. The molecule has 1 aromatic carbocycles. The monoisotopic (exact) mass is 302 g/mol. The van der Waals surface area contributed by atoms with Crippen molar-refractivity contribution in [2.24, 2.45) is 5.41 Å². The van der Waals surface area contributed by atoms with E-state index in [0.717, 1.165) is 24.3 Å². The van der Waals surface area contributed by atoms with Crippen LogP contribution in [-0.4, -0.2) is 18.6 Å². The number of carbonyl (C=O) groups excluding carboxylic acids is 1. The van der Waals surface area contributed by atoms with Crippen LogP contribution in [0.5, 0.6) is 0 Å². The normalized spacial score (nSPS) is 15.0. The quantitative estimate of drug-likeness (QED) is 0.587. The zero-order chi connectivity index (χ0) is 15.8. The predicted molar refractivity (Wildman–Crippen MR) is 55.9 cm³/mol. The van der Waals surface area contributed by atoms with Crippen LogP contribution in [0.3, 0.4) is 0 Å². The number of carbonyl (C=O) groups is 1. The molecule has 112 valence electrons. The van der Waals surface area contributed by atoms with Crippen LogP contribution >= 0.6 is 0 Å². The first-order valence-corrected chi connectivity index (χ1v) is 5.28. The van der Waals surface area contributed by atoms with Crippen LogP contribution in [0.15, 0.2) is 24.3 Å². The van der Waals surface area contributed by atoms with Gasteiger partial charge in [-0.3, -0.25) is 4.79 Å². The Kier molecular flexibility index (Phi) is 4.17. The Morgan fingerprint density at radius 1 is 0.950 bits per heavy atom. The third kappa shape index (κ3) is 2.64. The maximum Gasteiger partial charge on any atom is 0.406 e. The van der Waals surface area contributed by atoms with Crippen LogP contribution in [0, 0.1) is 5.41 Å². The third-order valence-electron chi connectivity index (χ3n) is 3.05. The van der Waals surface area contributed by atoms with E-state index < -0.39 is 29.5 Å². The minimum Gasteiger partial charge on any atom is -0.298 e. The van der Waals surface area contributed by atoms with Gasteiger partial charge in [-0.1, -0.05) is 24.3 Å². The van der Waals surface area contributed by atoms with Crippen LogP contribution in [0.2, 0.25) is 0 Å². The summed E-state index contributed by atoms with van der Waals surface area (Å²) < 4.78 is 89.9. The molecule has 20 heavy (non-hydrogen) atoms. The lowest BCUT2D eigenvalue weighted by Crippen LogP contribution is -2.50. The van der Waals surface area contributed by atoms with Gasteiger partial charge in [0.1, 0.15) is 12.5 Å². The van der Waals surface area contributed by atoms with Gasteiger partial charge in [-0.2, -0.15) is 26.3 Å². The van der Waals surface area contributed by atoms with Crippen molar-refractivity contribution in [1.82, 2.24) is 0 Å². The molecule has 1 nitrogen and oxygen atoms in total. The van der Waals surface area contributed by atoms with Gasteiger partial charge in [0.05, 0.1) is 0 Å². The van der Waals surface area contributed by atoms with Crippen molar-refractivity contribution in [3.05, 3.63) is 35.4 Å². The van der Waals surface area contributed by atoms with E-state index in [2.05, 4.69) is 0 Å². The van der Waals surface area contributed by atoms with Crippen molar-refractivity contribution in [2.75, 3.05) is 0 Å². The Balaban J connectivity index is 3.31. The lowest BCUT2D eigenvalue weighted by atomic mass is 9.80. The van der Waals surface area contributed by atoms with Gasteiger partial charge >= 0.3 is 12.4 Å². The second-order valence-electron chi connectivity index (χ2n) is 4.34. The molecule has 0 spiro atoms. The largest absolute Gasteiger partial charge is 0.406 e. The summed E-state index contributed by atoms with van der Waals surface area (Å²) in [6.45, 7) is -0.231. The van der Waals surface area contributed by atoms with E-state index in [4.69, 9.17) is 0 Å². The number of hydrogen-bond acceptors (Lipinski definition) is 1. The SMILES string of the molecule is CC(C(F)c1ccc(C=O)cc1)(C(F)(F)F)C(F)(F)F. The average molecular weight is 302 g/mol. The molecule has 0 N–H and O–H groups in total. The molecule has 1 unspecified atom stereocenters. The van der Waals surface area contributed by atoms with Crippen LogP contribution in [0.4, 0.5) is 30.7 Å². The number of aldehydes is 1. The molecule has 0 aliphatic rings. The van der Waals surface area contributed by atoms with E-state index in [-0.39, 0.29) is 12.5 Å². The highest BCUT2D eigenvalue weighted by molar-refractivity contribution is 5.74. The first-order chi connectivity index (χ1) is 8.95. The molecule has 0 aliphatic carbocycles. The molecule has 1 atom stereocenters. The summed E-state index contributed by atoms with van der Waals surface area (Å²) in [7, 11) is 0. The van der Waals surface area contributed by atoms with E-state index in [1.807, 2.05) is 0 Å². The van der Waals surface area contributed by atoms with Crippen molar-refractivity contribution in [1.29, 1.82) is 0 Å². The first kappa shape index (κ1) is 16.5. The molecule has 0 aliphatic heterocycles. The number of halogens is 7. The molecule has 0 amide bonds. The molecular formula is C12H9F7O. The molecule has 0 saturated carbocycles. The van der Waals surface area contributed by atoms with E-state index in [1.54, 1.807) is 0 Å². The molecule has 0 bridgehead atoms. The second-order valence-corrected chi connectivity index (χ2v) is 4.34. The van der Waals surface area contributed by atoms with Gasteiger partial charge in [-0.15, -0.1) is 0 Å². The lowest BCUT2D eigenvalue weighted by Gasteiger charge is -2.36. The number of benzene rings is 1. The Hall–Kier alpha value is -1.60. The molecule has 0 radical (unpaired) electrons. The fourth-order valence-electron chi connectivity index (χ4n) is 1.52. The predicted octanol–water partition coefficient (Wildman–Crippen LogP) is 4.64. The Bertz CT molecular complexity index is 458. The fraction of sp³-hybridized carbons (Fsp3) is 0.417. The maximum absolute atomic E-state index is 13.9. The Labute approximate surface area is 109 Å². The van der Waals surface area contributed by atoms with Crippen LogP contribution in [0.1, 0.15) is 29.0 Å². The Morgan fingerprint density at radius 2 is 1.35 bits per heavy atom. The summed E-state index contributed by atoms with van der Waals surface area (Å²) in [5, 5.41) is 0. The zero-order valence-corrected chi connectivity index (χ0v) is 10.0. The van der Waals surface area contributed by atoms with Crippen molar-refractivity contribution < 1.29 is 35.5 Å².